The first-order valence-electron chi connectivity index (χ1n) is 6.56. The van der Waals surface area contributed by atoms with E-state index in [1.165, 1.54) is 18.2 Å². The lowest BCUT2D eigenvalue weighted by Gasteiger charge is -2.16. The molecule has 2 aromatic carbocycles. The monoisotopic (exact) mass is 412 g/mol. The molecule has 0 fully saturated rings. The zero-order valence-electron chi connectivity index (χ0n) is 11.6. The molecule has 0 unspecified atom stereocenters. The molecular formula is C16H14FIN2O2. The fraction of sp³-hybridized carbons (Fsp3) is 0.125. The third-order valence-electron chi connectivity index (χ3n) is 3.06. The zero-order chi connectivity index (χ0) is 16.1. The van der Waals surface area contributed by atoms with Crippen molar-refractivity contribution >= 4 is 34.4 Å². The second-order valence-electron chi connectivity index (χ2n) is 4.77. The summed E-state index contributed by atoms with van der Waals surface area (Å²) in [5, 5.41) is 2.55. The Labute approximate surface area is 141 Å². The van der Waals surface area contributed by atoms with Crippen molar-refractivity contribution in [3.8, 4) is 0 Å². The van der Waals surface area contributed by atoms with E-state index in [1.807, 2.05) is 24.3 Å². The molecule has 2 rings (SSSR count). The largest absolute Gasteiger partial charge is 0.368 e. The Balaban J connectivity index is 2.12. The van der Waals surface area contributed by atoms with Crippen molar-refractivity contribution in [1.82, 2.24) is 5.32 Å². The Kier molecular flexibility index (Phi) is 5.48. The molecule has 2 amide bonds. The lowest BCUT2D eigenvalue weighted by Crippen LogP contribution is -2.45. The molecule has 114 valence electrons. The van der Waals surface area contributed by atoms with Crippen molar-refractivity contribution in [2.45, 2.75) is 12.5 Å². The summed E-state index contributed by atoms with van der Waals surface area (Å²) >= 11 is 2.16. The van der Waals surface area contributed by atoms with Gasteiger partial charge in [0.2, 0.25) is 5.91 Å². The minimum absolute atomic E-state index is 0.147. The third kappa shape index (κ3) is 4.52. The first-order valence-corrected chi connectivity index (χ1v) is 7.64. The zero-order valence-corrected chi connectivity index (χ0v) is 13.7. The van der Waals surface area contributed by atoms with Crippen molar-refractivity contribution in [2.24, 2.45) is 5.73 Å². The Morgan fingerprint density at radius 2 is 1.91 bits per heavy atom. The Morgan fingerprint density at radius 3 is 2.55 bits per heavy atom. The predicted molar refractivity (Wildman–Crippen MR) is 89.7 cm³/mol. The van der Waals surface area contributed by atoms with Crippen LogP contribution in [0.15, 0.2) is 48.5 Å². The van der Waals surface area contributed by atoms with Gasteiger partial charge in [0.25, 0.3) is 5.91 Å². The number of rotatable bonds is 5. The number of primary amides is 1. The minimum Gasteiger partial charge on any atom is -0.368 e. The van der Waals surface area contributed by atoms with Gasteiger partial charge in [0.05, 0.1) is 0 Å². The quantitative estimate of drug-likeness (QED) is 0.740. The van der Waals surface area contributed by atoms with E-state index >= 15 is 0 Å². The van der Waals surface area contributed by atoms with Crippen LogP contribution in [-0.2, 0) is 11.2 Å². The van der Waals surface area contributed by atoms with Crippen molar-refractivity contribution < 1.29 is 14.0 Å². The van der Waals surface area contributed by atoms with E-state index in [0.29, 0.717) is 0 Å². The molecule has 0 aromatic heterocycles. The van der Waals surface area contributed by atoms with Crippen LogP contribution in [0.1, 0.15) is 15.9 Å². The van der Waals surface area contributed by atoms with Crippen molar-refractivity contribution in [2.75, 3.05) is 0 Å². The fourth-order valence-electron chi connectivity index (χ4n) is 1.99. The summed E-state index contributed by atoms with van der Waals surface area (Å²) in [4.78, 5) is 23.6. The highest BCUT2D eigenvalue weighted by Gasteiger charge is 2.19. The lowest BCUT2D eigenvalue weighted by molar-refractivity contribution is -0.119. The van der Waals surface area contributed by atoms with Crippen LogP contribution in [0.5, 0.6) is 0 Å². The maximum atomic E-state index is 13.1. The van der Waals surface area contributed by atoms with Gasteiger partial charge in [-0.3, -0.25) is 9.59 Å². The van der Waals surface area contributed by atoms with Crippen LogP contribution in [0.25, 0.3) is 0 Å². The number of hydrogen-bond donors (Lipinski definition) is 2. The van der Waals surface area contributed by atoms with Crippen molar-refractivity contribution in [3.05, 3.63) is 69.0 Å². The van der Waals surface area contributed by atoms with E-state index < -0.39 is 23.7 Å². The van der Waals surface area contributed by atoms with Gasteiger partial charge in [-0.2, -0.15) is 0 Å². The lowest BCUT2D eigenvalue weighted by atomic mass is 10.0. The number of carbonyl (C=O) groups excluding carboxylic acids is 2. The highest BCUT2D eigenvalue weighted by atomic mass is 127. The molecule has 0 aliphatic rings. The smallest absolute Gasteiger partial charge is 0.252 e. The molecular weight excluding hydrogens is 398 g/mol. The van der Waals surface area contributed by atoms with Crippen LogP contribution in [-0.4, -0.2) is 17.9 Å². The summed E-state index contributed by atoms with van der Waals surface area (Å²) in [7, 11) is 0. The van der Waals surface area contributed by atoms with E-state index in [4.69, 9.17) is 5.73 Å². The molecule has 1 atom stereocenters. The molecule has 0 spiro atoms. The van der Waals surface area contributed by atoms with Crippen LogP contribution < -0.4 is 11.1 Å². The molecule has 0 bridgehead atoms. The van der Waals surface area contributed by atoms with Gasteiger partial charge in [0.15, 0.2) is 0 Å². The molecule has 0 radical (unpaired) electrons. The normalized spacial score (nSPS) is 11.7. The summed E-state index contributed by atoms with van der Waals surface area (Å²) in [5.74, 6) is -1.68. The maximum Gasteiger partial charge on any atom is 0.252 e. The third-order valence-corrected chi connectivity index (χ3v) is 3.74. The molecule has 0 saturated heterocycles. The van der Waals surface area contributed by atoms with Gasteiger partial charge < -0.3 is 11.1 Å². The number of carbonyl (C=O) groups is 2. The van der Waals surface area contributed by atoms with Gasteiger partial charge >= 0.3 is 0 Å². The van der Waals surface area contributed by atoms with E-state index in [9.17, 15) is 14.0 Å². The van der Waals surface area contributed by atoms with Gasteiger partial charge in [0.1, 0.15) is 11.9 Å². The molecule has 2 aromatic rings. The molecule has 3 N–H and O–H groups in total. The van der Waals surface area contributed by atoms with Gasteiger partial charge in [-0.25, -0.2) is 4.39 Å². The summed E-state index contributed by atoms with van der Waals surface area (Å²) in [6.45, 7) is 0. The first-order chi connectivity index (χ1) is 10.5. The second kappa shape index (κ2) is 7.35. The molecule has 0 heterocycles. The van der Waals surface area contributed by atoms with Crippen LogP contribution in [0, 0.1) is 9.39 Å². The number of halogens is 2. The van der Waals surface area contributed by atoms with Gasteiger partial charge in [-0.1, -0.05) is 18.2 Å². The van der Waals surface area contributed by atoms with E-state index in [1.54, 1.807) is 0 Å². The molecule has 22 heavy (non-hydrogen) atoms. The Hall–Kier alpha value is -1.96. The van der Waals surface area contributed by atoms with Gasteiger partial charge in [-0.15, -0.1) is 0 Å². The molecule has 0 saturated carbocycles. The molecule has 0 aliphatic heterocycles. The number of nitrogens with one attached hydrogen (secondary N) is 1. The Bertz CT molecular complexity index is 706. The van der Waals surface area contributed by atoms with Crippen LogP contribution in [0.2, 0.25) is 0 Å². The summed E-state index contributed by atoms with van der Waals surface area (Å²) < 4.78 is 14.2. The topological polar surface area (TPSA) is 72.2 Å². The fourth-order valence-corrected chi connectivity index (χ4v) is 2.60. The van der Waals surface area contributed by atoms with Crippen molar-refractivity contribution in [3.63, 3.8) is 0 Å². The van der Waals surface area contributed by atoms with Crippen LogP contribution in [0.4, 0.5) is 4.39 Å². The van der Waals surface area contributed by atoms with E-state index in [2.05, 4.69) is 27.9 Å². The molecule has 4 nitrogen and oxygen atoms in total. The minimum atomic E-state index is -0.853. The highest BCUT2D eigenvalue weighted by molar-refractivity contribution is 14.1. The number of benzene rings is 2. The maximum absolute atomic E-state index is 13.1. The number of amides is 2. The summed E-state index contributed by atoms with van der Waals surface area (Å²) in [5.41, 5.74) is 6.38. The highest BCUT2D eigenvalue weighted by Crippen LogP contribution is 2.11. The summed E-state index contributed by atoms with van der Waals surface area (Å²) in [6.07, 6.45) is 0.285. The van der Waals surface area contributed by atoms with Gasteiger partial charge in [0, 0.05) is 15.6 Å². The van der Waals surface area contributed by atoms with Crippen LogP contribution in [0.3, 0.4) is 0 Å². The molecule has 6 heteroatoms. The first kappa shape index (κ1) is 16.4. The Morgan fingerprint density at radius 1 is 1.18 bits per heavy atom. The average molecular weight is 412 g/mol. The van der Waals surface area contributed by atoms with Gasteiger partial charge in [-0.05, 0) is 58.5 Å². The predicted octanol–water partition coefficient (Wildman–Crippen LogP) is 2.26. The second-order valence-corrected chi connectivity index (χ2v) is 6.02. The number of hydrogen-bond acceptors (Lipinski definition) is 2. The van der Waals surface area contributed by atoms with Crippen molar-refractivity contribution in [1.29, 1.82) is 0 Å². The van der Waals surface area contributed by atoms with Crippen LogP contribution >= 0.6 is 22.6 Å². The average Bonchev–Trinajstić information content (AvgIpc) is 2.46. The number of nitrogens with two attached hydrogens (primary N) is 1. The SMILES string of the molecule is NC(=O)[C@H](Cc1cccc(I)c1)NC(=O)c1cccc(F)c1. The standard InChI is InChI=1S/C16H14FIN2O2/c17-12-5-2-4-11(9-12)16(22)20-14(15(19)21)8-10-3-1-6-13(18)7-10/h1-7,9,14H,8H2,(H2,19,21)(H,20,22)/t14-/m0/s1. The van der Waals surface area contributed by atoms with E-state index in [0.717, 1.165) is 15.2 Å². The van der Waals surface area contributed by atoms with E-state index in [-0.39, 0.29) is 12.0 Å². The molecule has 0 aliphatic carbocycles. The summed E-state index contributed by atoms with van der Waals surface area (Å²) in [6, 6.07) is 12.0.